The molecule has 0 spiro atoms. The van der Waals surface area contributed by atoms with Crippen LogP contribution in [0.2, 0.25) is 0 Å². The monoisotopic (exact) mass is 326 g/mol. The Kier molecular flexibility index (Phi) is 5.30. The molecule has 1 aliphatic heterocycles. The maximum absolute atomic E-state index is 5.36. The van der Waals surface area contributed by atoms with Crippen molar-refractivity contribution in [2.24, 2.45) is 0 Å². The van der Waals surface area contributed by atoms with Crippen molar-refractivity contribution in [1.29, 1.82) is 0 Å². The first-order chi connectivity index (χ1) is 11.7. The van der Waals surface area contributed by atoms with Crippen molar-refractivity contribution in [3.05, 3.63) is 47.6 Å². The first-order valence-electron chi connectivity index (χ1n) is 8.64. The van der Waals surface area contributed by atoms with Crippen LogP contribution in [0, 0.1) is 0 Å². The summed E-state index contributed by atoms with van der Waals surface area (Å²) < 4.78 is 7.43. The molecule has 1 aromatic heterocycles. The summed E-state index contributed by atoms with van der Waals surface area (Å²) in [5.74, 6) is 3.38. The molecule has 0 aliphatic carbocycles. The number of fused-ring (bicyclic) bond motifs is 1. The van der Waals surface area contributed by atoms with Crippen LogP contribution in [0.5, 0.6) is 5.75 Å². The first-order valence-corrected chi connectivity index (χ1v) is 8.64. The number of hydrogen-bond acceptors (Lipinski definition) is 4. The van der Waals surface area contributed by atoms with Crippen molar-refractivity contribution in [3.63, 3.8) is 0 Å². The van der Waals surface area contributed by atoms with Gasteiger partial charge >= 0.3 is 0 Å². The number of aryl methyl sites for hydroxylation is 1. The van der Waals surface area contributed by atoms with Crippen LogP contribution in [0.1, 0.15) is 43.4 Å². The molecule has 1 N–H and O–H groups in total. The van der Waals surface area contributed by atoms with E-state index in [2.05, 4.69) is 52.1 Å². The molecular formula is C19H26N4O. The van der Waals surface area contributed by atoms with Gasteiger partial charge in [-0.1, -0.05) is 44.2 Å². The lowest BCUT2D eigenvalue weighted by atomic mass is 10.1. The average molecular weight is 326 g/mol. The molecule has 5 heteroatoms. The third-order valence-corrected chi connectivity index (χ3v) is 4.35. The maximum atomic E-state index is 5.36. The summed E-state index contributed by atoms with van der Waals surface area (Å²) in [6.07, 6.45) is 6.35. The van der Waals surface area contributed by atoms with Gasteiger partial charge in [-0.25, -0.2) is 9.67 Å². The normalized spacial score (nSPS) is 17.4. The molecule has 1 aromatic carbocycles. The number of nitrogens with zero attached hydrogens (tertiary/aromatic N) is 3. The molecule has 1 aliphatic rings. The third-order valence-electron chi connectivity index (χ3n) is 4.35. The standard InChI is InChI=1S/C19H26N4O/c1-14(2)19-21-18-11-10-16(13-23(18)22-19)20-12-6-8-15-7-4-5-9-17(15)24-3/h4-9,14,16,20H,10-13H2,1-3H3/b8-6-/t16-/m1/s1. The molecule has 0 unspecified atom stereocenters. The average Bonchev–Trinajstić information content (AvgIpc) is 3.02. The largest absolute Gasteiger partial charge is 0.496 e. The van der Waals surface area contributed by atoms with Crippen molar-refractivity contribution in [1.82, 2.24) is 20.1 Å². The number of para-hydroxylation sites is 1. The molecule has 2 heterocycles. The molecule has 0 amide bonds. The fourth-order valence-electron chi connectivity index (χ4n) is 2.96. The number of benzene rings is 1. The molecule has 0 bridgehead atoms. The Labute approximate surface area is 143 Å². The van der Waals surface area contributed by atoms with E-state index >= 15 is 0 Å². The maximum Gasteiger partial charge on any atom is 0.153 e. The van der Waals surface area contributed by atoms with Gasteiger partial charge in [0.25, 0.3) is 0 Å². The second-order valence-electron chi connectivity index (χ2n) is 6.51. The summed E-state index contributed by atoms with van der Waals surface area (Å²) in [6, 6.07) is 8.49. The Hall–Kier alpha value is -2.14. The predicted octanol–water partition coefficient (Wildman–Crippen LogP) is 3.03. The van der Waals surface area contributed by atoms with E-state index in [0.717, 1.165) is 48.9 Å². The summed E-state index contributed by atoms with van der Waals surface area (Å²) >= 11 is 0. The first kappa shape index (κ1) is 16.7. The second kappa shape index (κ2) is 7.62. The minimum absolute atomic E-state index is 0.387. The van der Waals surface area contributed by atoms with Crippen LogP contribution >= 0.6 is 0 Å². The summed E-state index contributed by atoms with van der Waals surface area (Å²) in [5, 5.41) is 8.22. The summed E-state index contributed by atoms with van der Waals surface area (Å²) in [7, 11) is 1.70. The molecule has 0 saturated carbocycles. The minimum Gasteiger partial charge on any atom is -0.496 e. The highest BCUT2D eigenvalue weighted by atomic mass is 16.5. The Morgan fingerprint density at radius 2 is 2.21 bits per heavy atom. The highest BCUT2D eigenvalue weighted by Gasteiger charge is 2.21. The van der Waals surface area contributed by atoms with Crippen LogP contribution in [0.3, 0.4) is 0 Å². The summed E-state index contributed by atoms with van der Waals surface area (Å²) in [4.78, 5) is 4.64. The summed E-state index contributed by atoms with van der Waals surface area (Å²) in [5.41, 5.74) is 1.10. The van der Waals surface area contributed by atoms with Gasteiger partial charge in [0.2, 0.25) is 0 Å². The topological polar surface area (TPSA) is 52.0 Å². The fourth-order valence-corrected chi connectivity index (χ4v) is 2.96. The van der Waals surface area contributed by atoms with Crippen LogP contribution < -0.4 is 10.1 Å². The van der Waals surface area contributed by atoms with Gasteiger partial charge in [0.05, 0.1) is 13.7 Å². The van der Waals surface area contributed by atoms with E-state index in [9.17, 15) is 0 Å². The molecule has 0 radical (unpaired) electrons. The van der Waals surface area contributed by atoms with E-state index < -0.39 is 0 Å². The van der Waals surface area contributed by atoms with Gasteiger partial charge in [-0.05, 0) is 12.5 Å². The SMILES string of the molecule is COc1ccccc1/C=C\CN[C@@H]1CCc2nc(C(C)C)nn2C1. The van der Waals surface area contributed by atoms with E-state index in [0.29, 0.717) is 12.0 Å². The van der Waals surface area contributed by atoms with Crippen molar-refractivity contribution < 1.29 is 4.74 Å². The van der Waals surface area contributed by atoms with Crippen molar-refractivity contribution in [2.75, 3.05) is 13.7 Å². The van der Waals surface area contributed by atoms with Gasteiger partial charge in [-0.2, -0.15) is 5.10 Å². The Balaban J connectivity index is 1.53. The summed E-state index contributed by atoms with van der Waals surface area (Å²) in [6.45, 7) is 6.01. The van der Waals surface area contributed by atoms with Crippen LogP contribution in [-0.4, -0.2) is 34.5 Å². The van der Waals surface area contributed by atoms with Crippen LogP contribution in [0.15, 0.2) is 30.3 Å². The predicted molar refractivity (Wildman–Crippen MR) is 96.3 cm³/mol. The highest BCUT2D eigenvalue weighted by Crippen LogP contribution is 2.19. The highest BCUT2D eigenvalue weighted by molar-refractivity contribution is 5.57. The zero-order valence-electron chi connectivity index (χ0n) is 14.7. The van der Waals surface area contributed by atoms with E-state index in [1.54, 1.807) is 7.11 Å². The number of hydrogen-bond donors (Lipinski definition) is 1. The van der Waals surface area contributed by atoms with Gasteiger partial charge < -0.3 is 10.1 Å². The van der Waals surface area contributed by atoms with Gasteiger partial charge in [0.15, 0.2) is 5.82 Å². The lowest BCUT2D eigenvalue weighted by Crippen LogP contribution is -2.37. The number of rotatable bonds is 6. The molecule has 3 rings (SSSR count). The Morgan fingerprint density at radius 3 is 3.00 bits per heavy atom. The number of nitrogens with one attached hydrogen (secondary N) is 1. The quantitative estimate of drug-likeness (QED) is 0.886. The lowest BCUT2D eigenvalue weighted by Gasteiger charge is -2.23. The van der Waals surface area contributed by atoms with E-state index in [1.807, 2.05) is 18.2 Å². The van der Waals surface area contributed by atoms with Gasteiger partial charge in [-0.15, -0.1) is 0 Å². The van der Waals surface area contributed by atoms with E-state index in [1.165, 1.54) is 0 Å². The Morgan fingerprint density at radius 1 is 1.38 bits per heavy atom. The van der Waals surface area contributed by atoms with Crippen LogP contribution in [0.4, 0.5) is 0 Å². The molecule has 128 valence electrons. The molecule has 5 nitrogen and oxygen atoms in total. The van der Waals surface area contributed by atoms with Crippen molar-refractivity contribution in [2.45, 2.75) is 45.2 Å². The van der Waals surface area contributed by atoms with Gasteiger partial charge in [-0.3, -0.25) is 0 Å². The molecule has 24 heavy (non-hydrogen) atoms. The number of ether oxygens (including phenoxy) is 1. The molecular weight excluding hydrogens is 300 g/mol. The molecule has 1 atom stereocenters. The van der Waals surface area contributed by atoms with E-state index in [-0.39, 0.29) is 0 Å². The minimum atomic E-state index is 0.387. The smallest absolute Gasteiger partial charge is 0.153 e. The van der Waals surface area contributed by atoms with Crippen LogP contribution in [-0.2, 0) is 13.0 Å². The van der Waals surface area contributed by atoms with Crippen molar-refractivity contribution >= 4 is 6.08 Å². The van der Waals surface area contributed by atoms with E-state index in [4.69, 9.17) is 4.74 Å². The molecule has 2 aromatic rings. The fraction of sp³-hybridized carbons (Fsp3) is 0.474. The van der Waals surface area contributed by atoms with Gasteiger partial charge in [0.1, 0.15) is 11.6 Å². The number of methoxy groups -OCH3 is 1. The van der Waals surface area contributed by atoms with Crippen molar-refractivity contribution in [3.8, 4) is 5.75 Å². The van der Waals surface area contributed by atoms with Crippen LogP contribution in [0.25, 0.3) is 6.08 Å². The lowest BCUT2D eigenvalue weighted by molar-refractivity contribution is 0.369. The molecule has 0 fully saturated rings. The third kappa shape index (κ3) is 3.85. The zero-order chi connectivity index (χ0) is 16.9. The van der Waals surface area contributed by atoms with Gasteiger partial charge in [0, 0.05) is 30.5 Å². The zero-order valence-corrected chi connectivity index (χ0v) is 14.7. The molecule has 0 saturated heterocycles. The second-order valence-corrected chi connectivity index (χ2v) is 6.51. The number of aromatic nitrogens is 3. The Bertz CT molecular complexity index is 705.